The minimum Gasteiger partial charge on any atom is -0.477 e. The van der Waals surface area contributed by atoms with Gasteiger partial charge in [0.15, 0.2) is 11.2 Å². The van der Waals surface area contributed by atoms with Crippen molar-refractivity contribution in [3.63, 3.8) is 0 Å². The molecule has 1 amide bonds. The normalized spacial score (nSPS) is 16.2. The lowest BCUT2D eigenvalue weighted by Crippen LogP contribution is -2.50. The number of thiocarbonyl (C=S) groups is 1. The number of carbonyl (C=O) groups is 1. The van der Waals surface area contributed by atoms with Gasteiger partial charge in [0.1, 0.15) is 5.75 Å². The van der Waals surface area contributed by atoms with Crippen LogP contribution in [0.15, 0.2) is 48.5 Å². The van der Waals surface area contributed by atoms with Crippen molar-refractivity contribution in [2.24, 2.45) is 5.73 Å². The van der Waals surface area contributed by atoms with E-state index in [0.29, 0.717) is 10.9 Å². The molecule has 0 saturated heterocycles. The molecule has 1 unspecified atom stereocenters. The number of benzene rings is 2. The summed E-state index contributed by atoms with van der Waals surface area (Å²) < 4.78 is 5.64. The predicted molar refractivity (Wildman–Crippen MR) is 94.8 cm³/mol. The average molecular weight is 327 g/mol. The number of hydrogen-bond donors (Lipinski definition) is 2. The Bertz CT molecular complexity index is 763. The second kappa shape index (κ2) is 6.26. The highest BCUT2D eigenvalue weighted by molar-refractivity contribution is 7.80. The van der Waals surface area contributed by atoms with Crippen molar-refractivity contribution in [3.8, 4) is 5.75 Å². The molecule has 1 atom stereocenters. The summed E-state index contributed by atoms with van der Waals surface area (Å²) in [5.41, 5.74) is 8.24. The van der Waals surface area contributed by atoms with Gasteiger partial charge in [0.2, 0.25) is 0 Å². The third-order valence-electron chi connectivity index (χ3n) is 3.72. The number of amides is 1. The Hall–Kier alpha value is -2.60. The molecule has 1 heterocycles. The van der Waals surface area contributed by atoms with Gasteiger partial charge < -0.3 is 20.7 Å². The number of nitrogens with zero attached hydrogens (tertiary/aromatic N) is 1. The molecular weight excluding hydrogens is 310 g/mol. The number of para-hydroxylation sites is 3. The Kier molecular flexibility index (Phi) is 4.16. The van der Waals surface area contributed by atoms with Crippen molar-refractivity contribution in [1.82, 2.24) is 0 Å². The molecule has 2 aromatic carbocycles. The molecule has 3 rings (SSSR count). The van der Waals surface area contributed by atoms with Gasteiger partial charge in [-0.2, -0.15) is 0 Å². The Labute approximate surface area is 140 Å². The molecule has 1 aliphatic rings. The van der Waals surface area contributed by atoms with E-state index in [9.17, 15) is 4.79 Å². The summed E-state index contributed by atoms with van der Waals surface area (Å²) in [4.78, 5) is 13.4. The Morgan fingerprint density at radius 3 is 2.70 bits per heavy atom. The lowest BCUT2D eigenvalue weighted by molar-refractivity contribution is -0.124. The topological polar surface area (TPSA) is 67.6 Å². The van der Waals surface area contributed by atoms with Crippen LogP contribution in [-0.2, 0) is 4.79 Å². The third-order valence-corrected chi connectivity index (χ3v) is 4.05. The predicted octanol–water partition coefficient (Wildman–Crippen LogP) is 2.44. The fourth-order valence-electron chi connectivity index (χ4n) is 2.47. The molecule has 0 radical (unpaired) electrons. The summed E-state index contributed by atoms with van der Waals surface area (Å²) in [5, 5.41) is 3.73. The van der Waals surface area contributed by atoms with Crippen LogP contribution in [-0.4, -0.2) is 23.7 Å². The van der Waals surface area contributed by atoms with Gasteiger partial charge in [-0.1, -0.05) is 30.3 Å². The van der Waals surface area contributed by atoms with Crippen molar-refractivity contribution in [2.75, 3.05) is 16.8 Å². The van der Waals surface area contributed by atoms with Gasteiger partial charge in [-0.15, -0.1) is 0 Å². The molecule has 23 heavy (non-hydrogen) atoms. The molecule has 118 valence electrons. The number of nitrogens with one attached hydrogen (secondary N) is 1. The lowest BCUT2D eigenvalue weighted by atomic mass is 10.2. The minimum absolute atomic E-state index is 0.282. The van der Waals surface area contributed by atoms with Crippen molar-refractivity contribution < 1.29 is 9.53 Å². The van der Waals surface area contributed by atoms with Crippen molar-refractivity contribution in [2.45, 2.75) is 13.0 Å². The molecule has 3 N–H and O–H groups in total. The molecule has 0 spiro atoms. The number of carbonyl (C=O) groups excluding carboxylic acids is 1. The van der Waals surface area contributed by atoms with Gasteiger partial charge in [-0.3, -0.25) is 4.79 Å². The maximum absolute atomic E-state index is 11.6. The fraction of sp³-hybridized carbons (Fsp3) is 0.176. The van der Waals surface area contributed by atoms with Gasteiger partial charge in [0.25, 0.3) is 5.91 Å². The zero-order valence-electron chi connectivity index (χ0n) is 12.7. The Morgan fingerprint density at radius 1 is 1.26 bits per heavy atom. The first-order valence-electron chi connectivity index (χ1n) is 7.25. The van der Waals surface area contributed by atoms with Crippen LogP contribution in [0.3, 0.4) is 0 Å². The van der Waals surface area contributed by atoms with E-state index in [1.807, 2.05) is 54.3 Å². The van der Waals surface area contributed by atoms with Gasteiger partial charge in [0, 0.05) is 5.69 Å². The highest BCUT2D eigenvalue weighted by Crippen LogP contribution is 2.33. The number of primary amides is 1. The van der Waals surface area contributed by atoms with Crippen molar-refractivity contribution in [1.29, 1.82) is 0 Å². The summed E-state index contributed by atoms with van der Waals surface area (Å²) in [5.74, 6) is 0.0830. The number of rotatable bonds is 2. The minimum atomic E-state index is -0.735. The first-order valence-corrected chi connectivity index (χ1v) is 7.66. The second-order valence-corrected chi connectivity index (χ2v) is 5.72. The Morgan fingerprint density at radius 2 is 1.96 bits per heavy atom. The number of anilines is 2. The zero-order valence-corrected chi connectivity index (χ0v) is 13.5. The summed E-state index contributed by atoms with van der Waals surface area (Å²) in [6, 6.07) is 15.3. The first-order chi connectivity index (χ1) is 11.1. The fourth-order valence-corrected chi connectivity index (χ4v) is 2.75. The molecular formula is C17H17N3O2S. The van der Waals surface area contributed by atoms with Gasteiger partial charge >= 0.3 is 0 Å². The van der Waals surface area contributed by atoms with Gasteiger partial charge in [-0.25, -0.2) is 0 Å². The van der Waals surface area contributed by atoms with E-state index in [2.05, 4.69) is 5.32 Å². The second-order valence-electron chi connectivity index (χ2n) is 5.33. The van der Waals surface area contributed by atoms with Crippen LogP contribution in [0.4, 0.5) is 11.4 Å². The molecule has 2 aromatic rings. The van der Waals surface area contributed by atoms with E-state index >= 15 is 0 Å². The van der Waals surface area contributed by atoms with Crippen molar-refractivity contribution in [3.05, 3.63) is 54.1 Å². The number of ether oxygens (including phenoxy) is 1. The van der Waals surface area contributed by atoms with E-state index in [-0.39, 0.29) is 6.54 Å². The molecule has 0 fully saturated rings. The quantitative estimate of drug-likeness (QED) is 0.829. The zero-order chi connectivity index (χ0) is 16.4. The first kappa shape index (κ1) is 15.3. The van der Waals surface area contributed by atoms with Crippen LogP contribution in [0.5, 0.6) is 5.75 Å². The van der Waals surface area contributed by atoms with E-state index in [1.165, 1.54) is 0 Å². The van der Waals surface area contributed by atoms with Gasteiger partial charge in [-0.05, 0) is 42.9 Å². The van der Waals surface area contributed by atoms with E-state index in [4.69, 9.17) is 22.7 Å². The van der Waals surface area contributed by atoms with Crippen LogP contribution >= 0.6 is 12.2 Å². The van der Waals surface area contributed by atoms with Crippen LogP contribution in [0.25, 0.3) is 0 Å². The largest absolute Gasteiger partial charge is 0.477 e. The highest BCUT2D eigenvalue weighted by Gasteiger charge is 2.31. The van der Waals surface area contributed by atoms with Crippen LogP contribution in [0.1, 0.15) is 5.56 Å². The summed E-state index contributed by atoms with van der Waals surface area (Å²) in [7, 11) is 0. The third kappa shape index (κ3) is 3.12. The average Bonchev–Trinajstić information content (AvgIpc) is 2.55. The SMILES string of the molecule is Cc1ccccc1NC(=S)N1CC(C(N)=O)Oc2ccccc21. The van der Waals surface area contributed by atoms with Crippen molar-refractivity contribution >= 4 is 34.6 Å². The molecule has 0 aliphatic carbocycles. The number of hydrogen-bond acceptors (Lipinski definition) is 3. The number of aryl methyl sites for hydroxylation is 1. The van der Waals surface area contributed by atoms with Gasteiger partial charge in [0.05, 0.1) is 12.2 Å². The van der Waals surface area contributed by atoms with Crippen LogP contribution < -0.4 is 20.7 Å². The lowest BCUT2D eigenvalue weighted by Gasteiger charge is -2.35. The van der Waals surface area contributed by atoms with E-state index in [1.54, 1.807) is 6.07 Å². The molecule has 0 bridgehead atoms. The molecule has 5 nitrogen and oxygen atoms in total. The summed E-state index contributed by atoms with van der Waals surface area (Å²) in [6.45, 7) is 2.29. The number of nitrogens with two attached hydrogens (primary N) is 1. The monoisotopic (exact) mass is 327 g/mol. The Balaban J connectivity index is 1.90. The summed E-state index contributed by atoms with van der Waals surface area (Å²) in [6.07, 6.45) is -0.735. The van der Waals surface area contributed by atoms with E-state index in [0.717, 1.165) is 16.9 Å². The number of fused-ring (bicyclic) bond motifs is 1. The smallest absolute Gasteiger partial charge is 0.260 e. The standard InChI is InChI=1S/C17H17N3O2S/c1-11-6-2-3-7-12(11)19-17(23)20-10-15(16(18)21)22-14-9-5-4-8-13(14)20/h2-9,15H,10H2,1H3,(H2,18,21)(H,19,23). The maximum atomic E-state index is 11.6. The molecule has 0 aromatic heterocycles. The molecule has 0 saturated carbocycles. The summed E-state index contributed by atoms with van der Waals surface area (Å²) >= 11 is 5.54. The molecule has 6 heteroatoms. The molecule has 1 aliphatic heterocycles. The van der Waals surface area contributed by atoms with Crippen LogP contribution in [0, 0.1) is 6.92 Å². The highest BCUT2D eigenvalue weighted by atomic mass is 32.1. The maximum Gasteiger partial charge on any atom is 0.260 e. The van der Waals surface area contributed by atoms with Crippen LogP contribution in [0.2, 0.25) is 0 Å². The van der Waals surface area contributed by atoms with E-state index < -0.39 is 12.0 Å².